The number of ether oxygens (including phenoxy) is 1. The van der Waals surface area contributed by atoms with Gasteiger partial charge in [-0.25, -0.2) is 0 Å². The topological polar surface area (TPSA) is 58.9 Å². The zero-order valence-corrected chi connectivity index (χ0v) is 23.1. The van der Waals surface area contributed by atoms with E-state index in [4.69, 9.17) is 20.8 Å². The molecule has 4 rings (SSSR count). The second-order valence-corrected chi connectivity index (χ2v) is 15.8. The van der Waals surface area contributed by atoms with Gasteiger partial charge in [0.2, 0.25) is 0 Å². The summed E-state index contributed by atoms with van der Waals surface area (Å²) >= 11 is 7.34. The van der Waals surface area contributed by atoms with E-state index in [0.29, 0.717) is 22.8 Å². The first-order chi connectivity index (χ1) is 17.4. The Labute approximate surface area is 224 Å². The van der Waals surface area contributed by atoms with Gasteiger partial charge in [-0.15, -0.1) is 23.4 Å². The first-order valence-corrected chi connectivity index (χ1v) is 16.6. The van der Waals surface area contributed by atoms with Crippen molar-refractivity contribution in [2.75, 3.05) is 11.6 Å². The van der Waals surface area contributed by atoms with Gasteiger partial charge in [-0.3, -0.25) is 0 Å². The third-order valence-corrected chi connectivity index (χ3v) is 8.42. The molecule has 3 aromatic carbocycles. The molecule has 0 radical (unpaired) electrons. The molecule has 0 saturated carbocycles. The molecule has 198 valence electrons. The SMILES string of the molecule is C[Si](C)(C)OC1(C(F)(F)F)c2ccc(O)cc2OC(c2ccc(SCCCl)cc2)C1c1ccc(O)cc1. The highest BCUT2D eigenvalue weighted by molar-refractivity contribution is 7.99. The van der Waals surface area contributed by atoms with E-state index in [-0.39, 0.29) is 22.8 Å². The van der Waals surface area contributed by atoms with Crippen molar-refractivity contribution in [3.05, 3.63) is 83.4 Å². The maximum Gasteiger partial charge on any atom is 0.421 e. The van der Waals surface area contributed by atoms with Crippen molar-refractivity contribution in [1.29, 1.82) is 0 Å². The van der Waals surface area contributed by atoms with Crippen LogP contribution < -0.4 is 4.74 Å². The van der Waals surface area contributed by atoms with Gasteiger partial charge in [0.15, 0.2) is 13.9 Å². The van der Waals surface area contributed by atoms with Crippen LogP contribution in [0.5, 0.6) is 17.2 Å². The monoisotopic (exact) mass is 568 g/mol. The Morgan fingerprint density at radius 1 is 0.946 bits per heavy atom. The number of phenols is 2. The lowest BCUT2D eigenvalue weighted by Crippen LogP contribution is -2.58. The maximum atomic E-state index is 15.5. The Bertz CT molecular complexity index is 1230. The number of rotatable bonds is 7. The smallest absolute Gasteiger partial charge is 0.421 e. The molecule has 2 N–H and O–H groups in total. The second-order valence-electron chi connectivity index (χ2n) is 9.84. The lowest BCUT2D eigenvalue weighted by molar-refractivity contribution is -0.280. The van der Waals surface area contributed by atoms with Gasteiger partial charge in [-0.1, -0.05) is 24.3 Å². The highest BCUT2D eigenvalue weighted by atomic mass is 35.5. The molecule has 1 aliphatic rings. The summed E-state index contributed by atoms with van der Waals surface area (Å²) in [6.07, 6.45) is -5.95. The van der Waals surface area contributed by atoms with Crippen LogP contribution in [-0.2, 0) is 10.0 Å². The van der Waals surface area contributed by atoms with E-state index in [1.165, 1.54) is 42.5 Å². The van der Waals surface area contributed by atoms with Crippen molar-refractivity contribution in [3.8, 4) is 17.2 Å². The number of halogens is 4. The van der Waals surface area contributed by atoms with Gasteiger partial charge in [0, 0.05) is 28.2 Å². The highest BCUT2D eigenvalue weighted by Crippen LogP contribution is 2.62. The second kappa shape index (κ2) is 10.4. The summed E-state index contributed by atoms with van der Waals surface area (Å²) in [6.45, 7) is 5.13. The summed E-state index contributed by atoms with van der Waals surface area (Å²) in [7, 11) is -2.85. The lowest BCUT2D eigenvalue weighted by atomic mass is 9.70. The summed E-state index contributed by atoms with van der Waals surface area (Å²) in [5.41, 5.74) is -2.14. The third-order valence-electron chi connectivity index (χ3n) is 6.05. The standard InChI is InChI=1S/C27H28ClF3O4SSi/c1-37(2,3)35-26(27(29,30)31)22-13-10-20(33)16-23(22)34-25(24(26)17-4-8-19(32)9-5-17)18-6-11-21(12-7-18)36-15-14-28/h4-13,16,24-25,32-33H,14-15H2,1-3H3. The van der Waals surface area contributed by atoms with Crippen LogP contribution in [0.1, 0.15) is 28.7 Å². The number of benzene rings is 3. The Kier molecular flexibility index (Phi) is 7.81. The molecule has 3 atom stereocenters. The molecular weight excluding hydrogens is 541 g/mol. The molecule has 3 unspecified atom stereocenters. The first-order valence-electron chi connectivity index (χ1n) is 11.7. The van der Waals surface area contributed by atoms with Crippen molar-refractivity contribution in [2.24, 2.45) is 0 Å². The van der Waals surface area contributed by atoms with E-state index >= 15 is 13.2 Å². The molecule has 4 nitrogen and oxygen atoms in total. The number of alkyl halides is 4. The minimum absolute atomic E-state index is 0.0632. The van der Waals surface area contributed by atoms with Crippen molar-refractivity contribution in [3.63, 3.8) is 0 Å². The molecule has 0 bridgehead atoms. The van der Waals surface area contributed by atoms with E-state index < -0.39 is 32.1 Å². The van der Waals surface area contributed by atoms with E-state index in [1.54, 1.807) is 43.5 Å². The highest BCUT2D eigenvalue weighted by Gasteiger charge is 2.68. The first kappa shape index (κ1) is 27.7. The Morgan fingerprint density at radius 2 is 1.54 bits per heavy atom. The number of aromatic hydroxyl groups is 2. The summed E-state index contributed by atoms with van der Waals surface area (Å²) in [6, 6.07) is 16.5. The predicted molar refractivity (Wildman–Crippen MR) is 142 cm³/mol. The fourth-order valence-electron chi connectivity index (χ4n) is 4.75. The maximum absolute atomic E-state index is 15.5. The van der Waals surface area contributed by atoms with Crippen LogP contribution in [0.2, 0.25) is 19.6 Å². The predicted octanol–water partition coefficient (Wildman–Crippen LogP) is 7.96. The Morgan fingerprint density at radius 3 is 2.11 bits per heavy atom. The van der Waals surface area contributed by atoms with Gasteiger partial charge in [-0.2, -0.15) is 13.2 Å². The fraction of sp³-hybridized carbons (Fsp3) is 0.333. The summed E-state index contributed by atoms with van der Waals surface area (Å²) in [5, 5.41) is 20.0. The molecule has 1 aliphatic heterocycles. The van der Waals surface area contributed by atoms with Gasteiger partial charge in [0.25, 0.3) is 0 Å². The fourth-order valence-corrected chi connectivity index (χ4v) is 6.94. The van der Waals surface area contributed by atoms with Crippen LogP contribution >= 0.6 is 23.4 Å². The molecule has 0 fully saturated rings. The number of hydrogen-bond acceptors (Lipinski definition) is 5. The zero-order chi connectivity index (χ0) is 27.0. The average Bonchev–Trinajstić information content (AvgIpc) is 2.81. The van der Waals surface area contributed by atoms with Crippen LogP contribution in [0.3, 0.4) is 0 Å². The van der Waals surface area contributed by atoms with Gasteiger partial charge < -0.3 is 19.4 Å². The molecule has 0 amide bonds. The van der Waals surface area contributed by atoms with Crippen molar-refractivity contribution < 1.29 is 32.5 Å². The Balaban J connectivity index is 2.01. The van der Waals surface area contributed by atoms with E-state index in [1.807, 2.05) is 12.1 Å². The van der Waals surface area contributed by atoms with Crippen LogP contribution in [0, 0.1) is 0 Å². The number of hydrogen-bond donors (Lipinski definition) is 2. The van der Waals surface area contributed by atoms with E-state index in [0.717, 1.165) is 4.90 Å². The molecule has 10 heteroatoms. The summed E-state index contributed by atoms with van der Waals surface area (Å²) in [5.74, 6) is -0.535. The molecule has 1 heterocycles. The van der Waals surface area contributed by atoms with E-state index in [2.05, 4.69) is 0 Å². The number of fused-ring (bicyclic) bond motifs is 1. The van der Waals surface area contributed by atoms with Crippen LogP contribution in [0.15, 0.2) is 71.6 Å². The van der Waals surface area contributed by atoms with Crippen molar-refractivity contribution >= 4 is 31.7 Å². The van der Waals surface area contributed by atoms with Crippen molar-refractivity contribution in [1.82, 2.24) is 0 Å². The van der Waals surface area contributed by atoms with Gasteiger partial charge >= 0.3 is 6.18 Å². The average molecular weight is 569 g/mol. The number of thioether (sulfide) groups is 1. The summed E-state index contributed by atoms with van der Waals surface area (Å²) in [4.78, 5) is 0.930. The Hall–Kier alpha value is -2.33. The minimum atomic E-state index is -4.85. The molecule has 0 saturated heterocycles. The molecule has 0 aromatic heterocycles. The molecule has 0 aliphatic carbocycles. The van der Waals surface area contributed by atoms with Crippen LogP contribution in [0.25, 0.3) is 0 Å². The van der Waals surface area contributed by atoms with Crippen LogP contribution in [0.4, 0.5) is 13.2 Å². The van der Waals surface area contributed by atoms with Crippen molar-refractivity contribution in [2.45, 2.75) is 48.3 Å². The minimum Gasteiger partial charge on any atom is -0.508 e. The molecule has 37 heavy (non-hydrogen) atoms. The summed E-state index contributed by atoms with van der Waals surface area (Å²) < 4.78 is 59.0. The van der Waals surface area contributed by atoms with Gasteiger partial charge in [-0.05, 0) is 67.2 Å². The molecule has 3 aromatic rings. The molecule has 0 spiro atoms. The van der Waals surface area contributed by atoms with Gasteiger partial charge in [0.1, 0.15) is 23.4 Å². The quantitative estimate of drug-likeness (QED) is 0.172. The third kappa shape index (κ3) is 5.60. The van der Waals surface area contributed by atoms with Crippen LogP contribution in [-0.4, -0.2) is 36.3 Å². The number of phenolic OH excluding ortho intramolecular Hbond substituents is 2. The molecular formula is C27H28ClF3O4SSi. The van der Waals surface area contributed by atoms with E-state index in [9.17, 15) is 10.2 Å². The zero-order valence-electron chi connectivity index (χ0n) is 20.6. The lowest BCUT2D eigenvalue weighted by Gasteiger charge is -2.51. The van der Waals surface area contributed by atoms with Gasteiger partial charge in [0.05, 0.1) is 5.92 Å². The normalized spacial score (nSPS) is 21.8. The largest absolute Gasteiger partial charge is 0.508 e.